The van der Waals surface area contributed by atoms with Gasteiger partial charge in [-0.05, 0) is 107 Å². The number of allylic oxidation sites excluding steroid dienone is 6. The molecule has 1 saturated carbocycles. The number of hydrogen-bond donors (Lipinski definition) is 4. The lowest BCUT2D eigenvalue weighted by atomic mass is 9.78. The Kier molecular flexibility index (Phi) is 24.2. The zero-order chi connectivity index (χ0) is 51.7. The Labute approximate surface area is 416 Å². The van der Waals surface area contributed by atoms with Gasteiger partial charge in [-0.15, -0.1) is 0 Å². The third kappa shape index (κ3) is 16.5. The van der Waals surface area contributed by atoms with Gasteiger partial charge in [0.2, 0.25) is 5.79 Å². The van der Waals surface area contributed by atoms with E-state index in [0.29, 0.717) is 63.4 Å². The maximum atomic E-state index is 14.5. The standard InChI is InChI=1S/C54H85NO15/c1-33-15-11-10-12-16-34(2)45(68-26-25-67-24-23-56)31-41-20-18-39(7)54(64,70-41)51(61)52(62)55-22-14-13-17-42(55)53(63)69-46(36(4)29-40-19-21-43(57)47(30-40)65-8)32-44(58)35(3)28-38(6)49(60)50(66-9)48(59)37(5)27-33/h10-12,15-16,28,33,35-37,39-43,45-47,49-50,56-57,60,64H,13-14,17-27,29-32H2,1-9H3/b12-10+,15-11+,34-16+,38-28+/t33-,35-,36?,37-,39-,40+,41+,42+,43-,45+,46+,47-,49-,50+,54-/m1/s1. The Balaban J connectivity index is 1.71. The summed E-state index contributed by atoms with van der Waals surface area (Å²) in [5, 5.41) is 43.3. The SMILES string of the molecule is CO[C@@H]1C[C@H](CC(C)[C@@H]2CC(=O)[C@H](C)/C=C(\C)[C@@H](O)[C@@H](OC)C(=O)[C@H](C)C[C@H](C)/C=C/C=C/C=C(\C)[C@@H](OCCOCCO)C[C@@H]3CC[C@@H](C)[C@@](O)(O3)C(=O)C(=O)N3CCCC[C@H]3C(=O)O2)CC[C@H]1O. The molecular formula is C54H85NO15. The number of ether oxygens (including phenoxy) is 6. The fraction of sp³-hybridized carbons (Fsp3) is 0.759. The number of aliphatic hydroxyl groups excluding tert-OH is 3. The van der Waals surface area contributed by atoms with Crippen molar-refractivity contribution < 1.29 is 72.8 Å². The number of cyclic esters (lactones) is 1. The third-order valence-corrected chi connectivity index (χ3v) is 15.0. The molecule has 0 aromatic heterocycles. The van der Waals surface area contributed by atoms with Gasteiger partial charge in [-0.25, -0.2) is 4.79 Å². The van der Waals surface area contributed by atoms with Gasteiger partial charge in [0.1, 0.15) is 30.1 Å². The summed E-state index contributed by atoms with van der Waals surface area (Å²) < 4.78 is 35.3. The molecule has 3 fully saturated rings. The van der Waals surface area contributed by atoms with Crippen LogP contribution in [-0.4, -0.2) is 156 Å². The fourth-order valence-electron chi connectivity index (χ4n) is 10.4. The summed E-state index contributed by atoms with van der Waals surface area (Å²) in [7, 11) is 2.93. The van der Waals surface area contributed by atoms with Crippen LogP contribution < -0.4 is 0 Å². The number of carbonyl (C=O) groups is 5. The minimum Gasteiger partial charge on any atom is -0.460 e. The molecule has 3 heterocycles. The van der Waals surface area contributed by atoms with Crippen LogP contribution in [-0.2, 0) is 52.4 Å². The number of amides is 1. The van der Waals surface area contributed by atoms with E-state index in [1.165, 1.54) is 12.0 Å². The summed E-state index contributed by atoms with van der Waals surface area (Å²) in [6.45, 7) is 13.1. The Morgan fingerprint density at radius 1 is 0.857 bits per heavy atom. The van der Waals surface area contributed by atoms with Crippen molar-refractivity contribution in [1.82, 2.24) is 4.90 Å². The van der Waals surface area contributed by atoms with E-state index < -0.39 is 83.9 Å². The first-order chi connectivity index (χ1) is 33.2. The second-order valence-corrected chi connectivity index (χ2v) is 20.6. The zero-order valence-corrected chi connectivity index (χ0v) is 43.3. The van der Waals surface area contributed by atoms with Crippen LogP contribution in [0, 0.1) is 35.5 Å². The highest BCUT2D eigenvalue weighted by atomic mass is 16.6. The van der Waals surface area contributed by atoms with Gasteiger partial charge >= 0.3 is 5.97 Å². The molecule has 1 aliphatic carbocycles. The van der Waals surface area contributed by atoms with Crippen LogP contribution in [0.5, 0.6) is 0 Å². The van der Waals surface area contributed by atoms with E-state index in [4.69, 9.17) is 28.4 Å². The van der Waals surface area contributed by atoms with Crippen LogP contribution in [0.3, 0.4) is 0 Å². The minimum absolute atomic E-state index is 0.0147. The molecule has 2 bridgehead atoms. The van der Waals surface area contributed by atoms with Crippen molar-refractivity contribution >= 4 is 29.2 Å². The summed E-state index contributed by atoms with van der Waals surface area (Å²) in [6.07, 6.45) is 10.5. The Bertz CT molecular complexity index is 1850. The van der Waals surface area contributed by atoms with Crippen LogP contribution >= 0.6 is 0 Å². The highest BCUT2D eigenvalue weighted by molar-refractivity contribution is 6.39. The molecule has 4 aliphatic rings. The van der Waals surface area contributed by atoms with Gasteiger partial charge in [-0.1, -0.05) is 71.1 Å². The molecule has 396 valence electrons. The maximum Gasteiger partial charge on any atom is 0.329 e. The Morgan fingerprint density at radius 3 is 2.30 bits per heavy atom. The number of piperidine rings is 1. The van der Waals surface area contributed by atoms with Gasteiger partial charge in [0.25, 0.3) is 11.7 Å². The summed E-state index contributed by atoms with van der Waals surface area (Å²) in [5.74, 6) is -8.28. The number of ketones is 3. The summed E-state index contributed by atoms with van der Waals surface area (Å²) >= 11 is 0. The number of aliphatic hydroxyl groups is 4. The highest BCUT2D eigenvalue weighted by Gasteiger charge is 2.53. The normalized spacial score (nSPS) is 38.4. The van der Waals surface area contributed by atoms with Gasteiger partial charge in [0.15, 0.2) is 5.78 Å². The van der Waals surface area contributed by atoms with Gasteiger partial charge in [-0.2, -0.15) is 0 Å². The predicted molar refractivity (Wildman–Crippen MR) is 262 cm³/mol. The number of methoxy groups -OCH3 is 2. The Hall–Kier alpha value is -3.45. The number of hydrogen-bond acceptors (Lipinski definition) is 15. The first-order valence-electron chi connectivity index (χ1n) is 25.7. The van der Waals surface area contributed by atoms with Crippen molar-refractivity contribution in [2.45, 2.75) is 180 Å². The van der Waals surface area contributed by atoms with Crippen LogP contribution in [0.4, 0.5) is 0 Å². The smallest absolute Gasteiger partial charge is 0.329 e. The lowest BCUT2D eigenvalue weighted by molar-refractivity contribution is -0.266. The molecule has 0 aromatic carbocycles. The molecule has 70 heavy (non-hydrogen) atoms. The molecule has 0 aromatic rings. The molecule has 3 aliphatic heterocycles. The van der Waals surface area contributed by atoms with Crippen molar-refractivity contribution in [2.24, 2.45) is 35.5 Å². The van der Waals surface area contributed by atoms with E-state index in [-0.39, 0.29) is 87.7 Å². The van der Waals surface area contributed by atoms with Gasteiger partial charge in [0.05, 0.1) is 50.8 Å². The number of esters is 1. The molecule has 15 atom stereocenters. The highest BCUT2D eigenvalue weighted by Crippen LogP contribution is 2.38. The average molecular weight is 988 g/mol. The molecule has 1 amide bonds. The van der Waals surface area contributed by atoms with Crippen molar-refractivity contribution in [1.29, 1.82) is 0 Å². The largest absolute Gasteiger partial charge is 0.460 e. The lowest BCUT2D eigenvalue weighted by Crippen LogP contribution is -2.61. The topological polar surface area (TPSA) is 225 Å². The predicted octanol–water partition coefficient (Wildman–Crippen LogP) is 5.56. The maximum absolute atomic E-state index is 14.5. The van der Waals surface area contributed by atoms with Crippen molar-refractivity contribution in [3.05, 3.63) is 47.6 Å². The van der Waals surface area contributed by atoms with Crippen molar-refractivity contribution in [3.63, 3.8) is 0 Å². The average Bonchev–Trinajstić information content (AvgIpc) is 3.33. The van der Waals surface area contributed by atoms with Gasteiger partial charge in [-0.3, -0.25) is 19.2 Å². The zero-order valence-electron chi connectivity index (χ0n) is 43.3. The second-order valence-electron chi connectivity index (χ2n) is 20.6. The molecular weight excluding hydrogens is 903 g/mol. The summed E-state index contributed by atoms with van der Waals surface area (Å²) in [6, 6.07) is -1.17. The molecule has 2 saturated heterocycles. The summed E-state index contributed by atoms with van der Waals surface area (Å²) in [5.41, 5.74) is 1.19. The molecule has 0 spiro atoms. The molecule has 16 heteroatoms. The van der Waals surface area contributed by atoms with Gasteiger partial charge in [0, 0.05) is 51.4 Å². The Morgan fingerprint density at radius 2 is 1.60 bits per heavy atom. The number of nitrogens with zero attached hydrogens (tertiary/aromatic N) is 1. The van der Waals surface area contributed by atoms with E-state index in [2.05, 4.69) is 0 Å². The molecule has 4 rings (SSSR count). The van der Waals surface area contributed by atoms with Crippen LogP contribution in [0.1, 0.15) is 126 Å². The first-order valence-corrected chi connectivity index (χ1v) is 25.7. The molecule has 0 radical (unpaired) electrons. The van der Waals surface area contributed by atoms with Crippen molar-refractivity contribution in [3.8, 4) is 0 Å². The fourth-order valence-corrected chi connectivity index (χ4v) is 10.4. The monoisotopic (exact) mass is 988 g/mol. The van der Waals surface area contributed by atoms with E-state index >= 15 is 0 Å². The lowest BCUT2D eigenvalue weighted by Gasteiger charge is -2.43. The third-order valence-electron chi connectivity index (χ3n) is 15.0. The number of rotatable bonds is 11. The summed E-state index contributed by atoms with van der Waals surface area (Å²) in [4.78, 5) is 72.3. The number of carbonyl (C=O) groups excluding carboxylic acids is 5. The molecule has 1 unspecified atom stereocenters. The van der Waals surface area contributed by atoms with E-state index in [1.807, 2.05) is 51.2 Å². The number of fused-ring (bicyclic) bond motifs is 3. The number of Topliss-reactive ketones (excluding diaryl/α,β-unsaturated/α-hetero) is 3. The molecule has 4 N–H and O–H groups in total. The van der Waals surface area contributed by atoms with Gasteiger partial charge < -0.3 is 53.7 Å². The van der Waals surface area contributed by atoms with Crippen LogP contribution in [0.15, 0.2) is 47.6 Å². The van der Waals surface area contributed by atoms with Crippen LogP contribution in [0.2, 0.25) is 0 Å². The van der Waals surface area contributed by atoms with Crippen molar-refractivity contribution in [2.75, 3.05) is 47.2 Å². The van der Waals surface area contributed by atoms with E-state index in [1.54, 1.807) is 40.9 Å². The minimum atomic E-state index is -2.49. The first kappa shape index (κ1) is 59.1. The van der Waals surface area contributed by atoms with E-state index in [0.717, 1.165) is 5.57 Å². The molecule has 16 nitrogen and oxygen atoms in total. The van der Waals surface area contributed by atoms with E-state index in [9.17, 15) is 44.4 Å². The quantitative estimate of drug-likeness (QED) is 0.0861. The second kappa shape index (κ2) is 28.7. The van der Waals surface area contributed by atoms with Crippen LogP contribution in [0.25, 0.3) is 0 Å².